The van der Waals surface area contributed by atoms with E-state index < -0.39 is 11.7 Å². The Kier molecular flexibility index (Phi) is 5.44. The molecule has 0 aliphatic heterocycles. The highest BCUT2D eigenvalue weighted by Crippen LogP contribution is 2.24. The maximum atomic E-state index is 13.5. The highest BCUT2D eigenvalue weighted by atomic mass is 35.5. The van der Waals surface area contributed by atoms with E-state index in [1.165, 1.54) is 6.07 Å². The van der Waals surface area contributed by atoms with E-state index >= 15 is 0 Å². The monoisotopic (exact) mass is 393 g/mol. The summed E-state index contributed by atoms with van der Waals surface area (Å²) in [6.45, 7) is 0.169. The number of ether oxygens (including phenoxy) is 1. The van der Waals surface area contributed by atoms with Gasteiger partial charge < -0.3 is 10.1 Å². The fourth-order valence-electron chi connectivity index (χ4n) is 2.30. The molecule has 1 amide bonds. The molecule has 0 aliphatic carbocycles. The van der Waals surface area contributed by atoms with Crippen LogP contribution in [0.3, 0.4) is 0 Å². The molecule has 0 unspecified atom stereocenters. The van der Waals surface area contributed by atoms with Crippen LogP contribution < -0.4 is 10.1 Å². The van der Waals surface area contributed by atoms with Crippen LogP contribution in [0.2, 0.25) is 10.0 Å². The Morgan fingerprint density at radius 2 is 1.92 bits per heavy atom. The number of aromatic nitrogens is 2. The van der Waals surface area contributed by atoms with E-state index in [2.05, 4.69) is 10.4 Å². The summed E-state index contributed by atoms with van der Waals surface area (Å²) in [5, 5.41) is 6.99. The maximum absolute atomic E-state index is 13.5. The van der Waals surface area contributed by atoms with Crippen LogP contribution in [0.25, 0.3) is 5.69 Å². The van der Waals surface area contributed by atoms with Crippen molar-refractivity contribution in [2.24, 2.45) is 0 Å². The lowest BCUT2D eigenvalue weighted by atomic mass is 10.2. The molecule has 0 saturated heterocycles. The predicted octanol–water partition coefficient (Wildman–Crippen LogP) is 4.26. The van der Waals surface area contributed by atoms with Gasteiger partial charge in [0.05, 0.1) is 40.6 Å². The fourth-order valence-corrected chi connectivity index (χ4v) is 2.77. The van der Waals surface area contributed by atoms with E-state index in [1.54, 1.807) is 24.1 Å². The van der Waals surface area contributed by atoms with E-state index in [4.69, 9.17) is 27.9 Å². The summed E-state index contributed by atoms with van der Waals surface area (Å²) >= 11 is 11.6. The Bertz CT molecular complexity index is 942. The zero-order chi connectivity index (χ0) is 18.7. The van der Waals surface area contributed by atoms with Gasteiger partial charge in [0, 0.05) is 6.20 Å². The van der Waals surface area contributed by atoms with Crippen molar-refractivity contribution in [1.29, 1.82) is 0 Å². The second kappa shape index (κ2) is 7.76. The number of methoxy groups -OCH3 is 1. The molecule has 3 rings (SSSR count). The van der Waals surface area contributed by atoms with Gasteiger partial charge in [0.1, 0.15) is 11.6 Å². The molecule has 0 saturated carbocycles. The lowest BCUT2D eigenvalue weighted by Gasteiger charge is -2.07. The van der Waals surface area contributed by atoms with Crippen LogP contribution in [0.15, 0.2) is 48.7 Å². The first-order chi connectivity index (χ1) is 12.5. The summed E-state index contributed by atoms with van der Waals surface area (Å²) < 4.78 is 20.3. The maximum Gasteiger partial charge on any atom is 0.253 e. The fraction of sp³-hybridized carbons (Fsp3) is 0.111. The topological polar surface area (TPSA) is 56.1 Å². The third-order valence-corrected chi connectivity index (χ3v) is 4.27. The number of hydrogen-bond donors (Lipinski definition) is 1. The van der Waals surface area contributed by atoms with Crippen molar-refractivity contribution in [3.05, 3.63) is 75.8 Å². The Morgan fingerprint density at radius 1 is 1.19 bits per heavy atom. The first-order valence-electron chi connectivity index (χ1n) is 7.59. The molecule has 0 fully saturated rings. The molecule has 26 heavy (non-hydrogen) atoms. The largest absolute Gasteiger partial charge is 0.497 e. The van der Waals surface area contributed by atoms with E-state index in [-0.39, 0.29) is 22.2 Å². The Labute approximate surface area is 159 Å². The van der Waals surface area contributed by atoms with Gasteiger partial charge in [-0.15, -0.1) is 0 Å². The second-order valence-electron chi connectivity index (χ2n) is 5.38. The zero-order valence-corrected chi connectivity index (χ0v) is 15.2. The predicted molar refractivity (Wildman–Crippen MR) is 97.7 cm³/mol. The van der Waals surface area contributed by atoms with Crippen molar-refractivity contribution in [2.75, 3.05) is 7.11 Å². The number of benzene rings is 2. The third kappa shape index (κ3) is 3.98. The van der Waals surface area contributed by atoms with E-state index in [9.17, 15) is 9.18 Å². The van der Waals surface area contributed by atoms with Crippen molar-refractivity contribution >= 4 is 29.1 Å². The summed E-state index contributed by atoms with van der Waals surface area (Å²) in [5.41, 5.74) is 1.51. The Balaban J connectivity index is 1.68. The summed E-state index contributed by atoms with van der Waals surface area (Å²) in [7, 11) is 1.60. The molecule has 1 N–H and O–H groups in total. The summed E-state index contributed by atoms with van der Waals surface area (Å²) in [6.07, 6.45) is 1.78. The molecule has 8 heteroatoms. The average molecular weight is 394 g/mol. The molecule has 0 spiro atoms. The number of hydrogen-bond acceptors (Lipinski definition) is 3. The molecule has 3 aromatic rings. The first-order valence-corrected chi connectivity index (χ1v) is 8.35. The Morgan fingerprint density at radius 3 is 2.62 bits per heavy atom. The van der Waals surface area contributed by atoms with Crippen molar-refractivity contribution < 1.29 is 13.9 Å². The number of carbonyl (C=O) groups is 1. The van der Waals surface area contributed by atoms with Crippen LogP contribution in [0.1, 0.15) is 16.1 Å². The van der Waals surface area contributed by atoms with Gasteiger partial charge in [-0.2, -0.15) is 5.10 Å². The molecule has 1 aromatic heterocycles. The van der Waals surface area contributed by atoms with Crippen LogP contribution >= 0.6 is 23.2 Å². The molecule has 2 aromatic carbocycles. The molecule has 0 radical (unpaired) electrons. The van der Waals surface area contributed by atoms with E-state index in [0.717, 1.165) is 17.5 Å². The van der Waals surface area contributed by atoms with Gasteiger partial charge in [0.15, 0.2) is 0 Å². The number of nitrogens with zero attached hydrogens (tertiary/aromatic N) is 2. The summed E-state index contributed by atoms with van der Waals surface area (Å²) in [5.74, 6) is -0.463. The number of amides is 1. The van der Waals surface area contributed by atoms with Crippen LogP contribution in [0.4, 0.5) is 4.39 Å². The van der Waals surface area contributed by atoms with Gasteiger partial charge in [-0.1, -0.05) is 23.2 Å². The molecule has 134 valence electrons. The lowest BCUT2D eigenvalue weighted by Crippen LogP contribution is -2.23. The quantitative estimate of drug-likeness (QED) is 0.658. The van der Waals surface area contributed by atoms with Crippen LogP contribution in [0.5, 0.6) is 5.75 Å². The van der Waals surface area contributed by atoms with Crippen molar-refractivity contribution in [1.82, 2.24) is 15.1 Å². The summed E-state index contributed by atoms with van der Waals surface area (Å²) in [4.78, 5) is 12.2. The number of halogens is 3. The minimum Gasteiger partial charge on any atom is -0.497 e. The van der Waals surface area contributed by atoms with Crippen LogP contribution in [-0.2, 0) is 6.54 Å². The normalized spacial score (nSPS) is 10.6. The van der Waals surface area contributed by atoms with Gasteiger partial charge >= 0.3 is 0 Å². The molecule has 0 atom stereocenters. The average Bonchev–Trinajstić information content (AvgIpc) is 3.12. The molecule has 0 bridgehead atoms. The number of carbonyl (C=O) groups excluding carboxylic acids is 1. The van der Waals surface area contributed by atoms with Crippen molar-refractivity contribution in [3.63, 3.8) is 0 Å². The smallest absolute Gasteiger partial charge is 0.253 e. The molecule has 1 heterocycles. The SMILES string of the molecule is COc1ccc(-n2ccc(CNC(=O)c3cc(F)c(Cl)cc3Cl)n2)cc1. The third-order valence-electron chi connectivity index (χ3n) is 3.67. The van der Waals surface area contributed by atoms with Gasteiger partial charge in [-0.05, 0) is 42.5 Å². The number of rotatable bonds is 5. The van der Waals surface area contributed by atoms with E-state index in [1.807, 2.05) is 24.3 Å². The lowest BCUT2D eigenvalue weighted by molar-refractivity contribution is 0.0950. The van der Waals surface area contributed by atoms with Gasteiger partial charge in [0.2, 0.25) is 0 Å². The molecular weight excluding hydrogens is 380 g/mol. The van der Waals surface area contributed by atoms with Crippen LogP contribution in [0, 0.1) is 5.82 Å². The minimum absolute atomic E-state index is 0.0168. The number of nitrogens with one attached hydrogen (secondary N) is 1. The standard InChI is InChI=1S/C18H14Cl2FN3O2/c1-26-13-4-2-12(3-5-13)24-7-6-11(23-24)10-22-18(25)14-8-17(21)16(20)9-15(14)19/h2-9H,10H2,1H3,(H,22,25). The van der Waals surface area contributed by atoms with Gasteiger partial charge in [-0.25, -0.2) is 9.07 Å². The first kappa shape index (κ1) is 18.2. The van der Waals surface area contributed by atoms with Crippen LogP contribution in [-0.4, -0.2) is 22.8 Å². The highest BCUT2D eigenvalue weighted by molar-refractivity contribution is 6.36. The second-order valence-corrected chi connectivity index (χ2v) is 6.19. The molecule has 0 aliphatic rings. The van der Waals surface area contributed by atoms with E-state index in [0.29, 0.717) is 5.69 Å². The molecule has 5 nitrogen and oxygen atoms in total. The van der Waals surface area contributed by atoms with Crippen molar-refractivity contribution in [3.8, 4) is 11.4 Å². The van der Waals surface area contributed by atoms with Gasteiger partial charge in [-0.3, -0.25) is 4.79 Å². The highest BCUT2D eigenvalue weighted by Gasteiger charge is 2.14. The summed E-state index contributed by atoms with van der Waals surface area (Å²) in [6, 6.07) is 11.4. The zero-order valence-electron chi connectivity index (χ0n) is 13.7. The van der Waals surface area contributed by atoms with Gasteiger partial charge in [0.25, 0.3) is 5.91 Å². The van der Waals surface area contributed by atoms with Crippen molar-refractivity contribution in [2.45, 2.75) is 6.54 Å². The minimum atomic E-state index is -0.704. The molecular formula is C18H14Cl2FN3O2. The Hall–Kier alpha value is -2.57.